The van der Waals surface area contributed by atoms with Crippen LogP contribution in [0, 0.1) is 5.82 Å². The van der Waals surface area contributed by atoms with Gasteiger partial charge in [0.2, 0.25) is 0 Å². The van der Waals surface area contributed by atoms with Crippen molar-refractivity contribution in [2.75, 3.05) is 0 Å². The second kappa shape index (κ2) is 4.98. The topological polar surface area (TPSA) is 50.2 Å². The van der Waals surface area contributed by atoms with Gasteiger partial charge in [-0.2, -0.15) is 0 Å². The Morgan fingerprint density at radius 1 is 1.30 bits per heavy atom. The van der Waals surface area contributed by atoms with Gasteiger partial charge in [0.15, 0.2) is 5.69 Å². The fourth-order valence-corrected chi connectivity index (χ4v) is 4.09. The molecule has 0 atom stereocenters. The number of hydrogen-bond acceptors (Lipinski definition) is 3. The molecule has 1 aromatic heterocycles. The highest BCUT2D eigenvalue weighted by molar-refractivity contribution is 7.10. The van der Waals surface area contributed by atoms with E-state index in [9.17, 15) is 9.18 Å². The molecule has 1 aromatic carbocycles. The third kappa shape index (κ3) is 2.02. The first-order valence-corrected chi connectivity index (χ1v) is 7.46. The molecule has 0 saturated heterocycles. The zero-order valence-electron chi connectivity index (χ0n) is 10.8. The van der Waals surface area contributed by atoms with Gasteiger partial charge in [-0.1, -0.05) is 31.0 Å². The average molecular weight is 291 g/mol. The Morgan fingerprint density at radius 3 is 2.60 bits per heavy atom. The van der Waals surface area contributed by atoms with Crippen LogP contribution in [-0.2, 0) is 5.41 Å². The maximum atomic E-state index is 14.2. The van der Waals surface area contributed by atoms with Crippen LogP contribution >= 0.6 is 11.3 Å². The maximum Gasteiger partial charge on any atom is 0.355 e. The van der Waals surface area contributed by atoms with Gasteiger partial charge in [-0.25, -0.2) is 14.2 Å². The summed E-state index contributed by atoms with van der Waals surface area (Å²) in [6.45, 7) is 0. The molecule has 1 aliphatic rings. The van der Waals surface area contributed by atoms with Crippen LogP contribution in [0.3, 0.4) is 0 Å². The number of nitrogens with zero attached hydrogens (tertiary/aromatic N) is 1. The smallest absolute Gasteiger partial charge is 0.355 e. The molecule has 1 heterocycles. The minimum Gasteiger partial charge on any atom is -0.476 e. The summed E-state index contributed by atoms with van der Waals surface area (Å²) in [7, 11) is 0. The number of carboxylic acid groups (broad SMARTS) is 1. The highest BCUT2D eigenvalue weighted by atomic mass is 32.1. The Morgan fingerprint density at radius 2 is 2.00 bits per heavy atom. The van der Waals surface area contributed by atoms with Crippen molar-refractivity contribution < 1.29 is 14.3 Å². The summed E-state index contributed by atoms with van der Waals surface area (Å²) in [5.41, 5.74) is 0.236. The van der Waals surface area contributed by atoms with E-state index < -0.39 is 11.4 Å². The number of carbonyl (C=O) groups is 1. The van der Waals surface area contributed by atoms with E-state index in [0.717, 1.165) is 30.7 Å². The molecule has 1 saturated carbocycles. The first-order valence-electron chi connectivity index (χ1n) is 6.58. The van der Waals surface area contributed by atoms with Crippen molar-refractivity contribution in [2.24, 2.45) is 0 Å². The van der Waals surface area contributed by atoms with Gasteiger partial charge < -0.3 is 5.11 Å². The van der Waals surface area contributed by atoms with Crippen LogP contribution in [0.15, 0.2) is 29.6 Å². The Balaban J connectivity index is 2.12. The predicted octanol–water partition coefficient (Wildman–Crippen LogP) is 3.84. The van der Waals surface area contributed by atoms with Crippen molar-refractivity contribution in [2.45, 2.75) is 31.1 Å². The maximum absolute atomic E-state index is 14.2. The standard InChI is InChI=1S/C15H14FNO2S/c16-11-6-2-1-5-10(11)15(7-3-4-8-15)14-17-12(9-20-14)13(18)19/h1-2,5-6,9H,3-4,7-8H2,(H,18,19). The summed E-state index contributed by atoms with van der Waals surface area (Å²) < 4.78 is 14.2. The summed E-state index contributed by atoms with van der Waals surface area (Å²) in [6.07, 6.45) is 3.66. The van der Waals surface area contributed by atoms with Crippen molar-refractivity contribution in [3.8, 4) is 0 Å². The van der Waals surface area contributed by atoms with Gasteiger partial charge >= 0.3 is 5.97 Å². The van der Waals surface area contributed by atoms with Gasteiger partial charge in [-0.3, -0.25) is 0 Å². The van der Waals surface area contributed by atoms with Gasteiger partial charge in [0.1, 0.15) is 10.8 Å². The lowest BCUT2D eigenvalue weighted by Crippen LogP contribution is -2.25. The van der Waals surface area contributed by atoms with Crippen LogP contribution in [-0.4, -0.2) is 16.1 Å². The Bertz CT molecular complexity index is 647. The summed E-state index contributed by atoms with van der Waals surface area (Å²) in [4.78, 5) is 15.2. The predicted molar refractivity (Wildman–Crippen MR) is 74.7 cm³/mol. The van der Waals surface area contributed by atoms with Crippen LogP contribution in [0.1, 0.15) is 46.7 Å². The van der Waals surface area contributed by atoms with E-state index in [0.29, 0.717) is 5.56 Å². The summed E-state index contributed by atoms with van der Waals surface area (Å²) in [5, 5.41) is 11.3. The van der Waals surface area contributed by atoms with Crippen molar-refractivity contribution in [3.63, 3.8) is 0 Å². The highest BCUT2D eigenvalue weighted by Gasteiger charge is 2.41. The second-order valence-corrected chi connectivity index (χ2v) is 5.97. The molecule has 0 radical (unpaired) electrons. The summed E-state index contributed by atoms with van der Waals surface area (Å²) in [5.74, 6) is -1.27. The van der Waals surface area contributed by atoms with Gasteiger partial charge in [-0.05, 0) is 18.9 Å². The quantitative estimate of drug-likeness (QED) is 0.934. The molecule has 2 aromatic rings. The number of aromatic carboxylic acids is 1. The van der Waals surface area contributed by atoms with E-state index in [1.807, 2.05) is 6.07 Å². The van der Waals surface area contributed by atoms with Crippen molar-refractivity contribution >= 4 is 17.3 Å². The van der Waals surface area contributed by atoms with E-state index in [1.54, 1.807) is 17.5 Å². The third-order valence-electron chi connectivity index (χ3n) is 3.98. The minimum atomic E-state index is -1.03. The van der Waals surface area contributed by atoms with Crippen LogP contribution in [0.4, 0.5) is 4.39 Å². The van der Waals surface area contributed by atoms with Crippen LogP contribution in [0.2, 0.25) is 0 Å². The van der Waals surface area contributed by atoms with Gasteiger partial charge in [0, 0.05) is 10.9 Å². The Labute approximate surface area is 120 Å². The number of hydrogen-bond donors (Lipinski definition) is 1. The normalized spacial score (nSPS) is 17.2. The van der Waals surface area contributed by atoms with Crippen molar-refractivity contribution in [1.29, 1.82) is 0 Å². The lowest BCUT2D eigenvalue weighted by molar-refractivity contribution is 0.0691. The van der Waals surface area contributed by atoms with E-state index in [1.165, 1.54) is 17.4 Å². The Kier molecular flexibility index (Phi) is 3.30. The summed E-state index contributed by atoms with van der Waals surface area (Å²) >= 11 is 1.32. The van der Waals surface area contributed by atoms with E-state index in [2.05, 4.69) is 4.98 Å². The molecule has 3 rings (SSSR count). The van der Waals surface area contributed by atoms with Crippen LogP contribution < -0.4 is 0 Å². The zero-order valence-corrected chi connectivity index (χ0v) is 11.6. The third-order valence-corrected chi connectivity index (χ3v) is 5.03. The fraction of sp³-hybridized carbons (Fsp3) is 0.333. The zero-order chi connectivity index (χ0) is 14.2. The van der Waals surface area contributed by atoms with E-state index >= 15 is 0 Å². The van der Waals surface area contributed by atoms with E-state index in [-0.39, 0.29) is 11.5 Å². The molecule has 1 aliphatic carbocycles. The molecule has 0 aliphatic heterocycles. The number of aromatic nitrogens is 1. The molecule has 3 nitrogen and oxygen atoms in total. The molecule has 1 N–H and O–H groups in total. The molecule has 0 unspecified atom stereocenters. The molecule has 0 bridgehead atoms. The molecule has 20 heavy (non-hydrogen) atoms. The molecule has 0 spiro atoms. The lowest BCUT2D eigenvalue weighted by Gasteiger charge is -2.27. The molecule has 0 amide bonds. The highest BCUT2D eigenvalue weighted by Crippen LogP contribution is 2.48. The number of rotatable bonds is 3. The molecule has 5 heteroatoms. The van der Waals surface area contributed by atoms with Gasteiger partial charge in [-0.15, -0.1) is 11.3 Å². The number of benzene rings is 1. The Hall–Kier alpha value is -1.75. The second-order valence-electron chi connectivity index (χ2n) is 5.11. The average Bonchev–Trinajstić information content (AvgIpc) is 3.09. The van der Waals surface area contributed by atoms with Crippen molar-refractivity contribution in [1.82, 2.24) is 4.98 Å². The van der Waals surface area contributed by atoms with Gasteiger partial charge in [0.05, 0.1) is 5.41 Å². The number of carboxylic acids is 1. The summed E-state index contributed by atoms with van der Waals surface area (Å²) in [6, 6.07) is 6.75. The number of thiazole rings is 1. The minimum absolute atomic E-state index is 0.0487. The number of halogens is 1. The fourth-order valence-electron chi connectivity index (χ4n) is 3.02. The monoisotopic (exact) mass is 291 g/mol. The van der Waals surface area contributed by atoms with Crippen molar-refractivity contribution in [3.05, 3.63) is 51.7 Å². The molecular formula is C15H14FNO2S. The lowest BCUT2D eigenvalue weighted by atomic mass is 9.79. The first kappa shape index (κ1) is 13.2. The molecule has 104 valence electrons. The van der Waals surface area contributed by atoms with E-state index in [4.69, 9.17) is 5.11 Å². The SMILES string of the molecule is O=C(O)c1csc(C2(c3ccccc3F)CCCC2)n1. The van der Waals surface area contributed by atoms with Gasteiger partial charge in [0.25, 0.3) is 0 Å². The first-order chi connectivity index (χ1) is 9.63. The van der Waals surface area contributed by atoms with Crippen LogP contribution in [0.25, 0.3) is 0 Å². The largest absolute Gasteiger partial charge is 0.476 e. The molecule has 1 fully saturated rings. The molecular weight excluding hydrogens is 277 g/mol. The van der Waals surface area contributed by atoms with Crippen LogP contribution in [0.5, 0.6) is 0 Å².